The SMILES string of the molecule is COc1cccc(CC(C)(C)N2CCCC(CN(CC(F)(F)F)C(=O)c3cc4ccccc4[nH]3)C2)c1. The Bertz CT molecular complexity index is 1150. The maximum absolute atomic E-state index is 13.5. The van der Waals surface area contributed by atoms with Gasteiger partial charge in [-0.15, -0.1) is 0 Å². The first-order valence-corrected chi connectivity index (χ1v) is 12.4. The summed E-state index contributed by atoms with van der Waals surface area (Å²) < 4.78 is 45.8. The third-order valence-corrected chi connectivity index (χ3v) is 7.04. The predicted molar refractivity (Wildman–Crippen MR) is 135 cm³/mol. The number of piperidine rings is 1. The number of para-hydroxylation sites is 1. The summed E-state index contributed by atoms with van der Waals surface area (Å²) in [5.74, 6) is 0.147. The zero-order valence-corrected chi connectivity index (χ0v) is 21.1. The number of nitrogens with zero attached hydrogens (tertiary/aromatic N) is 2. The van der Waals surface area contributed by atoms with E-state index in [0.29, 0.717) is 6.54 Å². The fourth-order valence-corrected chi connectivity index (χ4v) is 5.26. The lowest BCUT2D eigenvalue weighted by molar-refractivity contribution is -0.142. The summed E-state index contributed by atoms with van der Waals surface area (Å²) >= 11 is 0. The second-order valence-electron chi connectivity index (χ2n) is 10.4. The van der Waals surface area contributed by atoms with Gasteiger partial charge in [0.25, 0.3) is 5.91 Å². The highest BCUT2D eigenvalue weighted by Gasteiger charge is 2.37. The van der Waals surface area contributed by atoms with Gasteiger partial charge in [0.1, 0.15) is 18.0 Å². The Morgan fingerprint density at radius 1 is 1.14 bits per heavy atom. The van der Waals surface area contributed by atoms with Crippen molar-refractivity contribution in [3.05, 3.63) is 65.9 Å². The number of aromatic amines is 1. The number of methoxy groups -OCH3 is 1. The number of fused-ring (bicyclic) bond motifs is 1. The van der Waals surface area contributed by atoms with Crippen LogP contribution in [0.25, 0.3) is 10.9 Å². The first-order valence-electron chi connectivity index (χ1n) is 12.4. The van der Waals surface area contributed by atoms with Crippen LogP contribution >= 0.6 is 0 Å². The third-order valence-electron chi connectivity index (χ3n) is 7.04. The molecule has 1 amide bonds. The number of halogens is 3. The first-order chi connectivity index (χ1) is 17.0. The maximum Gasteiger partial charge on any atom is 0.406 e. The van der Waals surface area contributed by atoms with E-state index in [9.17, 15) is 18.0 Å². The quantitative estimate of drug-likeness (QED) is 0.417. The summed E-state index contributed by atoms with van der Waals surface area (Å²) in [5.41, 5.74) is 1.87. The van der Waals surface area contributed by atoms with Crippen LogP contribution in [0.1, 0.15) is 42.7 Å². The number of hydrogen-bond acceptors (Lipinski definition) is 3. The maximum atomic E-state index is 13.5. The fraction of sp³-hybridized carbons (Fsp3) is 0.464. The minimum absolute atomic E-state index is 0.0426. The van der Waals surface area contributed by atoms with Crippen molar-refractivity contribution >= 4 is 16.8 Å². The van der Waals surface area contributed by atoms with Crippen LogP contribution in [0.4, 0.5) is 13.2 Å². The van der Waals surface area contributed by atoms with Crippen LogP contribution < -0.4 is 4.74 Å². The number of ether oxygens (including phenoxy) is 1. The van der Waals surface area contributed by atoms with Crippen molar-refractivity contribution in [3.63, 3.8) is 0 Å². The van der Waals surface area contributed by atoms with Crippen LogP contribution in [0, 0.1) is 5.92 Å². The van der Waals surface area contributed by atoms with Crippen molar-refractivity contribution in [1.29, 1.82) is 0 Å². The standard InChI is InChI=1S/C28H34F3N3O2/c1-27(2,16-20-8-6-11-23(14-20)36-3)34-13-7-9-21(18-34)17-33(19-28(29,30)31)26(35)25-15-22-10-4-5-12-24(22)32-25/h4-6,8,10-12,14-15,21,32H,7,9,13,16-19H2,1-3H3. The van der Waals surface area contributed by atoms with Crippen LogP contribution in [0.2, 0.25) is 0 Å². The molecule has 1 fully saturated rings. The molecular formula is C28H34F3N3O2. The van der Waals surface area contributed by atoms with Crippen LogP contribution in [-0.2, 0) is 6.42 Å². The van der Waals surface area contributed by atoms with Gasteiger partial charge >= 0.3 is 6.18 Å². The van der Waals surface area contributed by atoms with E-state index < -0.39 is 18.6 Å². The molecule has 0 saturated carbocycles. The molecule has 1 atom stereocenters. The van der Waals surface area contributed by atoms with Gasteiger partial charge < -0.3 is 14.6 Å². The molecule has 1 aliphatic rings. The Kier molecular flexibility index (Phi) is 7.64. The Morgan fingerprint density at radius 3 is 2.64 bits per heavy atom. The summed E-state index contributed by atoms with van der Waals surface area (Å²) in [4.78, 5) is 19.5. The molecule has 1 unspecified atom stereocenters. The average molecular weight is 502 g/mol. The van der Waals surface area contributed by atoms with Gasteiger partial charge in [-0.3, -0.25) is 9.69 Å². The Hall–Kier alpha value is -3.00. The van der Waals surface area contributed by atoms with E-state index in [-0.39, 0.29) is 23.7 Å². The Morgan fingerprint density at radius 2 is 1.92 bits per heavy atom. The summed E-state index contributed by atoms with van der Waals surface area (Å²) in [7, 11) is 1.64. The molecule has 1 aromatic heterocycles. The number of likely N-dealkylation sites (tertiary alicyclic amines) is 1. The molecule has 3 aromatic rings. The molecule has 0 radical (unpaired) electrons. The van der Waals surface area contributed by atoms with Crippen LogP contribution in [0.3, 0.4) is 0 Å². The van der Waals surface area contributed by atoms with Gasteiger partial charge in [-0.2, -0.15) is 13.2 Å². The van der Waals surface area contributed by atoms with Gasteiger partial charge in [0.2, 0.25) is 0 Å². The van der Waals surface area contributed by atoms with Crippen molar-refractivity contribution in [1.82, 2.24) is 14.8 Å². The normalized spacial score (nSPS) is 17.3. The minimum atomic E-state index is -4.47. The number of carbonyl (C=O) groups is 1. The predicted octanol–water partition coefficient (Wildman–Crippen LogP) is 5.91. The van der Waals surface area contributed by atoms with Crippen molar-refractivity contribution in [2.75, 3.05) is 33.3 Å². The number of carbonyl (C=O) groups excluding carboxylic acids is 1. The van der Waals surface area contributed by atoms with Gasteiger partial charge in [0, 0.05) is 29.5 Å². The first kappa shape index (κ1) is 26.1. The molecule has 1 N–H and O–H groups in total. The number of rotatable bonds is 8. The second kappa shape index (κ2) is 10.5. The van der Waals surface area contributed by atoms with Gasteiger partial charge in [-0.25, -0.2) is 0 Å². The minimum Gasteiger partial charge on any atom is -0.497 e. The van der Waals surface area contributed by atoms with Crippen LogP contribution in [0.5, 0.6) is 5.75 Å². The molecule has 2 aromatic carbocycles. The van der Waals surface area contributed by atoms with E-state index in [1.165, 1.54) is 0 Å². The highest BCUT2D eigenvalue weighted by molar-refractivity contribution is 5.98. The molecule has 1 saturated heterocycles. The topological polar surface area (TPSA) is 48.6 Å². The Balaban J connectivity index is 1.48. The molecule has 194 valence electrons. The van der Waals surface area contributed by atoms with Gasteiger partial charge in [0.15, 0.2) is 0 Å². The number of aromatic nitrogens is 1. The number of nitrogens with one attached hydrogen (secondary N) is 1. The highest BCUT2D eigenvalue weighted by Crippen LogP contribution is 2.30. The van der Waals surface area contributed by atoms with Gasteiger partial charge in [-0.1, -0.05) is 30.3 Å². The third kappa shape index (κ3) is 6.40. The molecular weight excluding hydrogens is 467 g/mol. The largest absolute Gasteiger partial charge is 0.497 e. The zero-order valence-electron chi connectivity index (χ0n) is 21.1. The van der Waals surface area contributed by atoms with E-state index >= 15 is 0 Å². The lowest BCUT2D eigenvalue weighted by Crippen LogP contribution is -2.53. The lowest BCUT2D eigenvalue weighted by atomic mass is 9.88. The number of hydrogen-bond donors (Lipinski definition) is 1. The van der Waals surface area contributed by atoms with Crippen LogP contribution in [0.15, 0.2) is 54.6 Å². The van der Waals surface area contributed by atoms with Crippen molar-refractivity contribution in [2.45, 2.75) is 44.8 Å². The lowest BCUT2D eigenvalue weighted by Gasteiger charge is -2.44. The summed E-state index contributed by atoms with van der Waals surface area (Å²) in [6.45, 7) is 4.66. The summed E-state index contributed by atoms with van der Waals surface area (Å²) in [6.07, 6.45) is -2.01. The van der Waals surface area contributed by atoms with E-state index in [2.05, 4.69) is 29.8 Å². The molecule has 0 bridgehead atoms. The smallest absolute Gasteiger partial charge is 0.406 e. The van der Waals surface area contributed by atoms with E-state index in [1.54, 1.807) is 13.2 Å². The number of alkyl halides is 3. The number of benzene rings is 2. The molecule has 0 aliphatic carbocycles. The van der Waals surface area contributed by atoms with Gasteiger partial charge in [0.05, 0.1) is 7.11 Å². The van der Waals surface area contributed by atoms with Gasteiger partial charge in [-0.05, 0) is 75.4 Å². The molecule has 36 heavy (non-hydrogen) atoms. The molecule has 1 aliphatic heterocycles. The summed E-state index contributed by atoms with van der Waals surface area (Å²) in [5, 5.41) is 0.802. The molecule has 0 spiro atoms. The molecule has 2 heterocycles. The van der Waals surface area contributed by atoms with E-state index in [0.717, 1.165) is 52.9 Å². The number of amides is 1. The van der Waals surface area contributed by atoms with E-state index in [1.807, 2.05) is 42.5 Å². The molecule has 4 rings (SSSR count). The van der Waals surface area contributed by atoms with Crippen molar-refractivity contribution in [2.24, 2.45) is 5.92 Å². The highest BCUT2D eigenvalue weighted by atomic mass is 19.4. The van der Waals surface area contributed by atoms with Crippen molar-refractivity contribution in [3.8, 4) is 5.75 Å². The van der Waals surface area contributed by atoms with Crippen molar-refractivity contribution < 1.29 is 22.7 Å². The number of H-pyrrole nitrogens is 1. The fourth-order valence-electron chi connectivity index (χ4n) is 5.26. The second-order valence-corrected chi connectivity index (χ2v) is 10.4. The average Bonchev–Trinajstić information content (AvgIpc) is 3.27. The van der Waals surface area contributed by atoms with E-state index in [4.69, 9.17) is 4.74 Å². The zero-order chi connectivity index (χ0) is 25.9. The molecule has 8 heteroatoms. The van der Waals surface area contributed by atoms with Crippen LogP contribution in [-0.4, -0.2) is 65.7 Å². The summed E-state index contributed by atoms with van der Waals surface area (Å²) in [6, 6.07) is 16.9. The Labute approximate surface area is 210 Å². The monoisotopic (exact) mass is 501 g/mol. The molecule has 5 nitrogen and oxygen atoms in total.